The number of fused-ring (bicyclic) bond motifs is 2. The first-order valence-electron chi connectivity index (χ1n) is 16.5. The molecule has 2 amide bonds. The Labute approximate surface area is 286 Å². The molecule has 1 N–H and O–H groups in total. The van der Waals surface area contributed by atoms with E-state index in [2.05, 4.69) is 0 Å². The van der Waals surface area contributed by atoms with Gasteiger partial charge in [-0.25, -0.2) is 0 Å². The monoisotopic (exact) mass is 683 g/mol. The molecule has 6 rings (SSSR count). The fraction of sp³-hybridized carbons (Fsp3) is 0.342. The molecule has 0 unspecified atom stereocenters. The molecule has 256 valence electrons. The van der Waals surface area contributed by atoms with Crippen LogP contribution in [0.3, 0.4) is 0 Å². The number of carbonyl (C=O) groups excluding carboxylic acids is 2. The smallest absolute Gasteiger partial charge is 0.297 e. The largest absolute Gasteiger partial charge is 0.491 e. The van der Waals surface area contributed by atoms with Gasteiger partial charge in [0.05, 0.1) is 38.5 Å². The molecule has 1 saturated heterocycles. The summed E-state index contributed by atoms with van der Waals surface area (Å²) >= 11 is 0. The Morgan fingerprint density at radius 1 is 0.980 bits per heavy atom. The van der Waals surface area contributed by atoms with Gasteiger partial charge in [0.15, 0.2) is 11.4 Å². The summed E-state index contributed by atoms with van der Waals surface area (Å²) in [5.74, 6) is -0.861. The zero-order valence-corrected chi connectivity index (χ0v) is 29.2. The van der Waals surface area contributed by atoms with Crippen LogP contribution in [-0.2, 0) is 33.0 Å². The van der Waals surface area contributed by atoms with Crippen LogP contribution in [0.1, 0.15) is 30.0 Å². The van der Waals surface area contributed by atoms with Crippen LogP contribution in [0.2, 0.25) is 18.6 Å². The van der Waals surface area contributed by atoms with Gasteiger partial charge in [-0.2, -0.15) is 0 Å². The molecule has 2 aliphatic heterocycles. The average Bonchev–Trinajstić information content (AvgIpc) is 3.51. The summed E-state index contributed by atoms with van der Waals surface area (Å²) < 4.78 is 29.8. The molecule has 1 spiro atoms. The van der Waals surface area contributed by atoms with Crippen LogP contribution in [0, 0.1) is 5.92 Å². The van der Waals surface area contributed by atoms with Crippen molar-refractivity contribution >= 4 is 25.9 Å². The average molecular weight is 684 g/mol. The second kappa shape index (κ2) is 13.7. The molecule has 0 saturated carbocycles. The molecule has 1 fully saturated rings. The maximum absolute atomic E-state index is 16.3. The number of aliphatic hydroxyl groups excluding tert-OH is 1. The Hall–Kier alpha value is -4.58. The van der Waals surface area contributed by atoms with Crippen molar-refractivity contribution in [2.24, 2.45) is 5.92 Å². The van der Waals surface area contributed by atoms with Crippen molar-refractivity contribution in [1.82, 2.24) is 9.47 Å². The van der Waals surface area contributed by atoms with Gasteiger partial charge < -0.3 is 28.5 Å². The first kappa shape index (κ1) is 34.3. The summed E-state index contributed by atoms with van der Waals surface area (Å²) in [5.41, 5.74) is 1.37. The highest BCUT2D eigenvalue weighted by Gasteiger charge is 2.66. The highest BCUT2D eigenvalue weighted by molar-refractivity contribution is 6.72. The lowest BCUT2D eigenvalue weighted by Gasteiger charge is -2.31. The number of para-hydroxylation sites is 1. The number of anilines is 1. The van der Waals surface area contributed by atoms with E-state index in [1.807, 2.05) is 85.8 Å². The molecule has 4 atom stereocenters. The predicted molar refractivity (Wildman–Crippen MR) is 188 cm³/mol. The van der Waals surface area contributed by atoms with Crippen LogP contribution < -0.4 is 15.2 Å². The number of methoxy groups -OCH3 is 1. The van der Waals surface area contributed by atoms with Gasteiger partial charge in [0, 0.05) is 42.0 Å². The number of halogens is 1. The Bertz CT molecular complexity index is 1880. The van der Waals surface area contributed by atoms with E-state index in [9.17, 15) is 19.5 Å². The Morgan fingerprint density at radius 2 is 1.67 bits per heavy atom. The quantitative estimate of drug-likeness (QED) is 0.164. The molecule has 3 heterocycles. The molecule has 0 bridgehead atoms. The number of amides is 2. The van der Waals surface area contributed by atoms with Crippen molar-refractivity contribution in [3.8, 4) is 11.4 Å². The van der Waals surface area contributed by atoms with Gasteiger partial charge in [0.25, 0.3) is 11.5 Å². The minimum atomic E-state index is -3.49. The second-order valence-corrected chi connectivity index (χ2v) is 17.1. The summed E-state index contributed by atoms with van der Waals surface area (Å²) in [4.78, 5) is 44.5. The van der Waals surface area contributed by atoms with E-state index in [4.69, 9.17) is 9.47 Å². The van der Waals surface area contributed by atoms with E-state index >= 15 is 4.11 Å². The third-order valence-corrected chi connectivity index (χ3v) is 12.3. The number of hydrogen-bond acceptors (Lipinski definition) is 6. The fourth-order valence-corrected chi connectivity index (χ4v) is 10.1. The van der Waals surface area contributed by atoms with Crippen LogP contribution in [0.4, 0.5) is 9.80 Å². The Kier molecular flexibility index (Phi) is 9.61. The molecule has 1 aromatic heterocycles. The summed E-state index contributed by atoms with van der Waals surface area (Å²) in [6.45, 7) is 5.54. The number of ether oxygens (including phenoxy) is 2. The number of aromatic nitrogens is 1. The standard InChI is InChI=1S/C38H42FN3O6Si/c1-26-35(49(3,4)39)33(23-34(44)40(21-22-43)24-27-11-6-5-7-12-27)48-38(26)30-13-8-9-14-31(30)42(37(38)46)25-28-16-18-29(19-17-28)41-20-10-15-32(47-2)36(41)45/h5-20,26,33,35,43H,21-25H2,1-4H3/t26-,33+,35-,38+/m0/s1. The summed E-state index contributed by atoms with van der Waals surface area (Å²) in [5, 5.41) is 9.77. The molecule has 0 aliphatic carbocycles. The van der Waals surface area contributed by atoms with Gasteiger partial charge >= 0.3 is 0 Å². The molecule has 11 heteroatoms. The van der Waals surface area contributed by atoms with Crippen molar-refractivity contribution in [2.45, 2.75) is 56.8 Å². The number of aliphatic hydroxyl groups is 1. The number of carbonyl (C=O) groups is 2. The zero-order valence-electron chi connectivity index (χ0n) is 28.2. The molecule has 4 aromatic rings. The lowest BCUT2D eigenvalue weighted by Crippen LogP contribution is -2.45. The summed E-state index contributed by atoms with van der Waals surface area (Å²) in [7, 11) is -2.04. The van der Waals surface area contributed by atoms with Gasteiger partial charge in [-0.3, -0.25) is 19.0 Å². The Balaban J connectivity index is 1.29. The molecule has 9 nitrogen and oxygen atoms in total. The normalized spacial score (nSPS) is 21.6. The van der Waals surface area contributed by atoms with E-state index in [0.717, 1.165) is 11.1 Å². The zero-order chi connectivity index (χ0) is 34.9. The van der Waals surface area contributed by atoms with Gasteiger partial charge in [-0.1, -0.05) is 67.6 Å². The van der Waals surface area contributed by atoms with Gasteiger partial charge in [0.2, 0.25) is 14.3 Å². The lowest BCUT2D eigenvalue weighted by molar-refractivity contribution is -0.150. The predicted octanol–water partition coefficient (Wildman–Crippen LogP) is 5.58. The van der Waals surface area contributed by atoms with Gasteiger partial charge in [-0.15, -0.1) is 0 Å². The maximum Gasteiger partial charge on any atom is 0.297 e. The van der Waals surface area contributed by atoms with Crippen LogP contribution in [0.25, 0.3) is 5.69 Å². The number of nitrogens with zero attached hydrogens (tertiary/aromatic N) is 3. The minimum absolute atomic E-state index is 0.107. The van der Waals surface area contributed by atoms with Crippen LogP contribution in [0.15, 0.2) is 102 Å². The maximum atomic E-state index is 16.3. The molecule has 0 radical (unpaired) electrons. The number of benzene rings is 3. The minimum Gasteiger partial charge on any atom is -0.491 e. The summed E-state index contributed by atoms with van der Waals surface area (Å²) in [6, 6.07) is 27.7. The molecule has 2 aliphatic rings. The van der Waals surface area contributed by atoms with Crippen molar-refractivity contribution in [3.63, 3.8) is 0 Å². The van der Waals surface area contributed by atoms with Crippen LogP contribution >= 0.6 is 0 Å². The van der Waals surface area contributed by atoms with Crippen LogP contribution in [-0.4, -0.2) is 61.2 Å². The fourth-order valence-electron chi connectivity index (χ4n) is 7.65. The van der Waals surface area contributed by atoms with Gasteiger partial charge in [-0.05, 0) is 54.6 Å². The SMILES string of the molecule is COc1cccn(-c2ccc(CN3C(=O)[C@]4(O[C@H](CC(=O)N(CCO)Cc5ccccc5)[C@@H]([Si](C)(C)F)[C@@H]4C)c4ccccc43)cc2)c1=O. The Morgan fingerprint density at radius 3 is 2.35 bits per heavy atom. The van der Waals surface area contributed by atoms with E-state index < -0.39 is 31.6 Å². The van der Waals surface area contributed by atoms with E-state index in [-0.39, 0.29) is 49.2 Å². The molecule has 3 aromatic carbocycles. The first-order chi connectivity index (χ1) is 23.5. The van der Waals surface area contributed by atoms with Crippen molar-refractivity contribution in [3.05, 3.63) is 124 Å². The highest BCUT2D eigenvalue weighted by atomic mass is 28.4. The second-order valence-electron chi connectivity index (χ2n) is 13.3. The highest BCUT2D eigenvalue weighted by Crippen LogP contribution is 2.60. The van der Waals surface area contributed by atoms with Crippen molar-refractivity contribution in [2.75, 3.05) is 25.2 Å². The number of rotatable bonds is 11. The molecular formula is C38H42FN3O6Si. The number of pyridine rings is 1. The van der Waals surface area contributed by atoms with Crippen LogP contribution in [0.5, 0.6) is 5.75 Å². The molecular weight excluding hydrogens is 642 g/mol. The lowest BCUT2D eigenvalue weighted by atomic mass is 9.82. The summed E-state index contributed by atoms with van der Waals surface area (Å²) in [6.07, 6.45) is 0.731. The third kappa shape index (κ3) is 6.34. The van der Waals surface area contributed by atoms with E-state index in [0.29, 0.717) is 23.5 Å². The van der Waals surface area contributed by atoms with E-state index in [1.54, 1.807) is 41.2 Å². The third-order valence-electron chi connectivity index (χ3n) is 9.87. The van der Waals surface area contributed by atoms with Gasteiger partial charge in [0.1, 0.15) is 0 Å². The number of hydrogen-bond donors (Lipinski definition) is 1. The van der Waals surface area contributed by atoms with E-state index in [1.165, 1.54) is 11.7 Å². The first-order valence-corrected chi connectivity index (χ1v) is 19.5. The van der Waals surface area contributed by atoms with Crippen molar-refractivity contribution in [1.29, 1.82) is 0 Å². The topological polar surface area (TPSA) is 101 Å². The molecule has 49 heavy (non-hydrogen) atoms. The van der Waals surface area contributed by atoms with Crippen molar-refractivity contribution < 1.29 is 28.3 Å².